The summed E-state index contributed by atoms with van der Waals surface area (Å²) in [6.45, 7) is 14.5. The Balaban J connectivity index is 1.94. The van der Waals surface area contributed by atoms with Crippen LogP contribution in [0.2, 0.25) is 0 Å². The van der Waals surface area contributed by atoms with E-state index in [9.17, 15) is 4.79 Å². The van der Waals surface area contributed by atoms with Gasteiger partial charge in [-0.2, -0.15) is 5.10 Å². The van der Waals surface area contributed by atoms with Gasteiger partial charge < -0.3 is 4.74 Å². The molecule has 1 aliphatic rings. The summed E-state index contributed by atoms with van der Waals surface area (Å²) in [5, 5.41) is 4.29. The molecule has 0 heterocycles. The molecule has 1 atom stereocenters. The standard InChI is InChI=1S/C22H29BrN2O2/c1-14(2)16-8-7-15(3)19(11-16)24-25-21(26)13-27-20-10-9-17(12-18(20)23)22(4,5)6/h7,9-10,12,16H,1,8,11,13H2,2-6H3,(H,25,26)/b24-19-/t16-/m1/s1. The zero-order chi connectivity index (χ0) is 20.2. The van der Waals surface area contributed by atoms with Crippen molar-refractivity contribution in [3.8, 4) is 5.75 Å². The SMILES string of the molecule is C=C(C)[C@@H]1CC=C(C)/C(=N\NC(=O)COc2ccc(C(C)(C)C)cc2Br)C1. The lowest BCUT2D eigenvalue weighted by Crippen LogP contribution is -2.27. The van der Waals surface area contributed by atoms with E-state index in [4.69, 9.17) is 4.74 Å². The Morgan fingerprint density at radius 3 is 2.70 bits per heavy atom. The van der Waals surface area contributed by atoms with Crippen LogP contribution >= 0.6 is 15.9 Å². The van der Waals surface area contributed by atoms with Gasteiger partial charge in [0.2, 0.25) is 0 Å². The highest BCUT2D eigenvalue weighted by molar-refractivity contribution is 9.10. The van der Waals surface area contributed by atoms with Gasteiger partial charge in [-0.1, -0.05) is 45.1 Å². The van der Waals surface area contributed by atoms with Gasteiger partial charge in [-0.15, -0.1) is 0 Å². The molecule has 1 aromatic carbocycles. The summed E-state index contributed by atoms with van der Waals surface area (Å²) in [6, 6.07) is 5.93. The van der Waals surface area contributed by atoms with Crippen molar-refractivity contribution in [2.75, 3.05) is 6.61 Å². The molecule has 146 valence electrons. The molecule has 0 fully saturated rings. The molecule has 27 heavy (non-hydrogen) atoms. The molecular weight excluding hydrogens is 404 g/mol. The van der Waals surface area contributed by atoms with Crippen molar-refractivity contribution in [3.05, 3.63) is 52.0 Å². The third-order valence-corrected chi connectivity index (χ3v) is 5.39. The van der Waals surface area contributed by atoms with Gasteiger partial charge in [0, 0.05) is 0 Å². The van der Waals surface area contributed by atoms with E-state index in [2.05, 4.69) is 59.9 Å². The number of carbonyl (C=O) groups is 1. The van der Waals surface area contributed by atoms with E-state index in [1.807, 2.05) is 32.0 Å². The van der Waals surface area contributed by atoms with Crippen LogP contribution in [0, 0.1) is 5.92 Å². The predicted molar refractivity (Wildman–Crippen MR) is 115 cm³/mol. The second kappa shape index (κ2) is 8.87. The summed E-state index contributed by atoms with van der Waals surface area (Å²) >= 11 is 3.52. The fraction of sp³-hybridized carbons (Fsp3) is 0.455. The largest absolute Gasteiger partial charge is 0.483 e. The molecule has 1 amide bonds. The van der Waals surface area contributed by atoms with Crippen LogP contribution in [0.3, 0.4) is 0 Å². The number of hydrogen-bond acceptors (Lipinski definition) is 3. The topological polar surface area (TPSA) is 50.7 Å². The van der Waals surface area contributed by atoms with Crippen molar-refractivity contribution in [1.29, 1.82) is 0 Å². The van der Waals surface area contributed by atoms with Crippen molar-refractivity contribution in [1.82, 2.24) is 5.43 Å². The molecule has 0 saturated heterocycles. The number of rotatable bonds is 5. The second-order valence-corrected chi connectivity index (χ2v) is 9.00. The minimum Gasteiger partial charge on any atom is -0.483 e. The zero-order valence-electron chi connectivity index (χ0n) is 16.9. The van der Waals surface area contributed by atoms with E-state index in [-0.39, 0.29) is 17.9 Å². The van der Waals surface area contributed by atoms with Gasteiger partial charge in [0.05, 0.1) is 10.2 Å². The van der Waals surface area contributed by atoms with Crippen LogP contribution in [0.25, 0.3) is 0 Å². The minimum absolute atomic E-state index is 0.0571. The van der Waals surface area contributed by atoms with Crippen LogP contribution in [0.1, 0.15) is 53.0 Å². The molecule has 1 N–H and O–H groups in total. The first-order chi connectivity index (χ1) is 12.6. The Morgan fingerprint density at radius 1 is 1.41 bits per heavy atom. The Kier molecular flexibility index (Phi) is 7.04. The van der Waals surface area contributed by atoms with E-state index in [1.54, 1.807) is 0 Å². The zero-order valence-corrected chi connectivity index (χ0v) is 18.4. The molecule has 0 spiro atoms. The van der Waals surface area contributed by atoms with Gasteiger partial charge in [-0.25, -0.2) is 5.43 Å². The van der Waals surface area contributed by atoms with Gasteiger partial charge in [-0.05, 0) is 77.2 Å². The summed E-state index contributed by atoms with van der Waals surface area (Å²) in [5.74, 6) is 0.749. The van der Waals surface area contributed by atoms with Crippen molar-refractivity contribution in [2.45, 2.75) is 52.9 Å². The molecule has 0 aliphatic heterocycles. The number of carbonyl (C=O) groups excluding carboxylic acids is 1. The highest BCUT2D eigenvalue weighted by atomic mass is 79.9. The van der Waals surface area contributed by atoms with Crippen LogP contribution < -0.4 is 10.2 Å². The molecule has 0 unspecified atom stereocenters. The number of halogens is 1. The van der Waals surface area contributed by atoms with Crippen LogP contribution in [-0.4, -0.2) is 18.2 Å². The molecule has 4 nitrogen and oxygen atoms in total. The molecule has 0 radical (unpaired) electrons. The number of benzene rings is 1. The van der Waals surface area contributed by atoms with Gasteiger partial charge >= 0.3 is 0 Å². The van der Waals surface area contributed by atoms with E-state index in [0.29, 0.717) is 11.7 Å². The van der Waals surface area contributed by atoms with E-state index < -0.39 is 0 Å². The molecule has 0 bridgehead atoms. The third-order valence-electron chi connectivity index (χ3n) is 4.77. The molecular formula is C22H29BrN2O2. The van der Waals surface area contributed by atoms with Gasteiger partial charge in [0.25, 0.3) is 5.91 Å². The smallest absolute Gasteiger partial charge is 0.277 e. The number of hydrazone groups is 1. The number of nitrogens with one attached hydrogen (secondary N) is 1. The summed E-state index contributed by atoms with van der Waals surface area (Å²) in [4.78, 5) is 12.1. The second-order valence-electron chi connectivity index (χ2n) is 8.15. The molecule has 2 rings (SSSR count). The summed E-state index contributed by atoms with van der Waals surface area (Å²) in [7, 11) is 0. The summed E-state index contributed by atoms with van der Waals surface area (Å²) in [6.07, 6.45) is 3.94. The maximum atomic E-state index is 12.1. The van der Waals surface area contributed by atoms with Crippen molar-refractivity contribution in [3.63, 3.8) is 0 Å². The minimum atomic E-state index is -0.278. The Morgan fingerprint density at radius 2 is 2.11 bits per heavy atom. The number of amides is 1. The monoisotopic (exact) mass is 432 g/mol. The van der Waals surface area contributed by atoms with Gasteiger partial charge in [0.15, 0.2) is 6.61 Å². The quantitative estimate of drug-likeness (QED) is 0.490. The molecule has 5 heteroatoms. The van der Waals surface area contributed by atoms with Crippen LogP contribution in [0.5, 0.6) is 5.75 Å². The maximum absolute atomic E-state index is 12.1. The van der Waals surface area contributed by atoms with Crippen LogP contribution in [-0.2, 0) is 10.2 Å². The van der Waals surface area contributed by atoms with E-state index in [1.165, 1.54) is 5.56 Å². The first-order valence-corrected chi connectivity index (χ1v) is 9.98. The lowest BCUT2D eigenvalue weighted by Gasteiger charge is -2.22. The summed E-state index contributed by atoms with van der Waals surface area (Å²) in [5.41, 5.74) is 7.01. The molecule has 1 aliphatic carbocycles. The fourth-order valence-electron chi connectivity index (χ4n) is 2.81. The lowest BCUT2D eigenvalue weighted by atomic mass is 9.85. The molecule has 0 aromatic heterocycles. The van der Waals surface area contributed by atoms with Crippen LogP contribution in [0.15, 0.2) is 51.6 Å². The first-order valence-electron chi connectivity index (χ1n) is 9.18. The van der Waals surface area contributed by atoms with Crippen molar-refractivity contribution >= 4 is 27.5 Å². The van der Waals surface area contributed by atoms with E-state index in [0.717, 1.165) is 34.2 Å². The lowest BCUT2D eigenvalue weighted by molar-refractivity contribution is -0.123. The van der Waals surface area contributed by atoms with Crippen molar-refractivity contribution < 1.29 is 9.53 Å². The predicted octanol–water partition coefficient (Wildman–Crippen LogP) is 5.53. The van der Waals surface area contributed by atoms with Crippen LogP contribution in [0.4, 0.5) is 0 Å². The fourth-order valence-corrected chi connectivity index (χ4v) is 3.31. The average molecular weight is 433 g/mol. The molecule has 0 saturated carbocycles. The summed E-state index contributed by atoms with van der Waals surface area (Å²) < 4.78 is 6.47. The maximum Gasteiger partial charge on any atom is 0.277 e. The van der Waals surface area contributed by atoms with Gasteiger partial charge in [0.1, 0.15) is 5.75 Å². The third kappa shape index (κ3) is 6.06. The number of ether oxygens (including phenoxy) is 1. The normalized spacial score (nSPS) is 18.8. The Bertz CT molecular complexity index is 788. The number of hydrogen-bond donors (Lipinski definition) is 1. The number of nitrogens with zero attached hydrogens (tertiary/aromatic N) is 1. The van der Waals surface area contributed by atoms with Gasteiger partial charge in [-0.3, -0.25) is 4.79 Å². The first kappa shape index (κ1) is 21.4. The Labute approximate surface area is 170 Å². The number of allylic oxidation sites excluding steroid dienone is 3. The highest BCUT2D eigenvalue weighted by Crippen LogP contribution is 2.31. The molecule has 1 aromatic rings. The highest BCUT2D eigenvalue weighted by Gasteiger charge is 2.19. The van der Waals surface area contributed by atoms with E-state index >= 15 is 0 Å². The van der Waals surface area contributed by atoms with Crippen molar-refractivity contribution in [2.24, 2.45) is 11.0 Å². The average Bonchev–Trinajstić information content (AvgIpc) is 2.58. The Hall–Kier alpha value is -1.88.